The van der Waals surface area contributed by atoms with Gasteiger partial charge in [-0.3, -0.25) is 4.98 Å². The number of hydrogen-bond donors (Lipinski definition) is 1. The number of anilines is 1. The Balaban J connectivity index is 1.90. The highest BCUT2D eigenvalue weighted by molar-refractivity contribution is 5.55. The van der Waals surface area contributed by atoms with Crippen molar-refractivity contribution in [1.29, 1.82) is 0 Å². The summed E-state index contributed by atoms with van der Waals surface area (Å²) in [6, 6.07) is 10.7. The minimum Gasteiger partial charge on any atom is -0.361 e. The summed E-state index contributed by atoms with van der Waals surface area (Å²) in [6.45, 7) is 2.85. The third kappa shape index (κ3) is 1.97. The number of aromatic nitrogens is 1. The zero-order valence-corrected chi connectivity index (χ0v) is 10.6. The van der Waals surface area contributed by atoms with Gasteiger partial charge in [-0.15, -0.1) is 0 Å². The van der Waals surface area contributed by atoms with Gasteiger partial charge in [-0.1, -0.05) is 24.3 Å². The molecule has 18 heavy (non-hydrogen) atoms. The smallest absolute Gasteiger partial charge is 0.0604 e. The fourth-order valence-corrected chi connectivity index (χ4v) is 2.54. The molecule has 0 radical (unpaired) electrons. The van der Waals surface area contributed by atoms with E-state index >= 15 is 0 Å². The Labute approximate surface area is 107 Å². The average molecular weight is 239 g/mol. The van der Waals surface area contributed by atoms with E-state index in [4.69, 9.17) is 0 Å². The van der Waals surface area contributed by atoms with Crippen molar-refractivity contribution in [3.05, 3.63) is 59.4 Å². The first-order valence-electron chi connectivity index (χ1n) is 6.27. The number of fused-ring (bicyclic) bond motifs is 1. The lowest BCUT2D eigenvalue weighted by molar-refractivity contribution is 0.794. The molecule has 0 spiro atoms. The molecule has 1 N–H and O–H groups in total. The van der Waals surface area contributed by atoms with Gasteiger partial charge in [0.05, 0.1) is 11.9 Å². The number of nitrogens with one attached hydrogen (secondary N) is 1. The van der Waals surface area contributed by atoms with Gasteiger partial charge in [0, 0.05) is 25.8 Å². The van der Waals surface area contributed by atoms with Crippen LogP contribution in [0.5, 0.6) is 0 Å². The molecule has 1 aromatic heterocycles. The summed E-state index contributed by atoms with van der Waals surface area (Å²) < 4.78 is 0. The Morgan fingerprint density at radius 1 is 1.17 bits per heavy atom. The molecule has 0 unspecified atom stereocenters. The Bertz CT molecular complexity index is 526. The lowest BCUT2D eigenvalue weighted by atomic mass is 10.1. The van der Waals surface area contributed by atoms with Gasteiger partial charge in [0.2, 0.25) is 0 Å². The lowest BCUT2D eigenvalue weighted by Gasteiger charge is -2.20. The van der Waals surface area contributed by atoms with Crippen LogP contribution in [0, 0.1) is 0 Å². The van der Waals surface area contributed by atoms with E-state index in [0.717, 1.165) is 19.6 Å². The number of rotatable bonds is 3. The molecule has 3 rings (SSSR count). The molecule has 1 aliphatic heterocycles. The SMILES string of the molecule is CNCc1ccncc1N1Cc2ccccc2C1. The average Bonchev–Trinajstić information content (AvgIpc) is 2.83. The Morgan fingerprint density at radius 2 is 1.89 bits per heavy atom. The highest BCUT2D eigenvalue weighted by Gasteiger charge is 2.20. The molecule has 1 aromatic carbocycles. The van der Waals surface area contributed by atoms with Crippen LogP contribution in [0.3, 0.4) is 0 Å². The third-order valence-electron chi connectivity index (χ3n) is 3.44. The number of hydrogen-bond acceptors (Lipinski definition) is 3. The first kappa shape index (κ1) is 11.2. The maximum absolute atomic E-state index is 4.27. The van der Waals surface area contributed by atoms with Crippen LogP contribution in [0.25, 0.3) is 0 Å². The molecule has 0 bridgehead atoms. The highest BCUT2D eigenvalue weighted by atomic mass is 15.2. The molecule has 1 aliphatic rings. The van der Waals surface area contributed by atoms with Crippen LogP contribution in [-0.4, -0.2) is 12.0 Å². The van der Waals surface area contributed by atoms with Gasteiger partial charge < -0.3 is 10.2 Å². The van der Waals surface area contributed by atoms with E-state index in [9.17, 15) is 0 Å². The van der Waals surface area contributed by atoms with Gasteiger partial charge >= 0.3 is 0 Å². The number of nitrogens with zero attached hydrogens (tertiary/aromatic N) is 2. The highest BCUT2D eigenvalue weighted by Crippen LogP contribution is 2.29. The van der Waals surface area contributed by atoms with Crippen molar-refractivity contribution in [2.75, 3.05) is 11.9 Å². The zero-order valence-electron chi connectivity index (χ0n) is 10.6. The van der Waals surface area contributed by atoms with Gasteiger partial charge in [-0.2, -0.15) is 0 Å². The van der Waals surface area contributed by atoms with Crippen LogP contribution in [0.1, 0.15) is 16.7 Å². The second kappa shape index (κ2) is 4.78. The standard InChI is InChI=1S/C15H17N3/c1-16-8-12-6-7-17-9-15(12)18-10-13-4-2-3-5-14(13)11-18/h2-7,9,16H,8,10-11H2,1H3. The zero-order chi connectivity index (χ0) is 12.4. The summed E-state index contributed by atoms with van der Waals surface area (Å²) in [5, 5.41) is 3.21. The first-order chi connectivity index (χ1) is 8.88. The van der Waals surface area contributed by atoms with Crippen molar-refractivity contribution in [1.82, 2.24) is 10.3 Å². The predicted molar refractivity (Wildman–Crippen MR) is 73.3 cm³/mol. The molecule has 0 saturated carbocycles. The normalized spacial score (nSPS) is 13.7. The van der Waals surface area contributed by atoms with Crippen molar-refractivity contribution in [3.63, 3.8) is 0 Å². The van der Waals surface area contributed by atoms with Crippen molar-refractivity contribution in [2.45, 2.75) is 19.6 Å². The predicted octanol–water partition coefficient (Wildman–Crippen LogP) is 2.32. The molecular weight excluding hydrogens is 222 g/mol. The van der Waals surface area contributed by atoms with Crippen LogP contribution >= 0.6 is 0 Å². The summed E-state index contributed by atoms with van der Waals surface area (Å²) >= 11 is 0. The summed E-state index contributed by atoms with van der Waals surface area (Å²) in [5.74, 6) is 0. The van der Waals surface area contributed by atoms with E-state index in [2.05, 4.69) is 45.5 Å². The molecule has 2 aromatic rings. The molecule has 0 saturated heterocycles. The van der Waals surface area contributed by atoms with Crippen LogP contribution in [0.4, 0.5) is 5.69 Å². The van der Waals surface area contributed by atoms with E-state index in [1.54, 1.807) is 0 Å². The summed E-state index contributed by atoms with van der Waals surface area (Å²) in [4.78, 5) is 6.66. The maximum Gasteiger partial charge on any atom is 0.0604 e. The quantitative estimate of drug-likeness (QED) is 0.891. The minimum absolute atomic E-state index is 0.880. The van der Waals surface area contributed by atoms with Crippen LogP contribution < -0.4 is 10.2 Å². The monoisotopic (exact) mass is 239 g/mol. The molecule has 0 fully saturated rings. The molecule has 2 heterocycles. The molecule has 0 amide bonds. The van der Waals surface area contributed by atoms with Gasteiger partial charge in [0.1, 0.15) is 0 Å². The van der Waals surface area contributed by atoms with Gasteiger partial charge in [-0.25, -0.2) is 0 Å². The van der Waals surface area contributed by atoms with E-state index < -0.39 is 0 Å². The first-order valence-corrected chi connectivity index (χ1v) is 6.27. The fraction of sp³-hybridized carbons (Fsp3) is 0.267. The summed E-state index contributed by atoms with van der Waals surface area (Å²) in [7, 11) is 1.98. The van der Waals surface area contributed by atoms with E-state index in [-0.39, 0.29) is 0 Å². The molecule has 3 heteroatoms. The lowest BCUT2D eigenvalue weighted by Crippen LogP contribution is -2.18. The molecule has 0 atom stereocenters. The van der Waals surface area contributed by atoms with Crippen LogP contribution in [0.15, 0.2) is 42.7 Å². The van der Waals surface area contributed by atoms with Crippen LogP contribution in [-0.2, 0) is 19.6 Å². The third-order valence-corrected chi connectivity index (χ3v) is 3.44. The van der Waals surface area contributed by atoms with Crippen LogP contribution in [0.2, 0.25) is 0 Å². The van der Waals surface area contributed by atoms with Gasteiger partial charge in [0.25, 0.3) is 0 Å². The topological polar surface area (TPSA) is 28.2 Å². The van der Waals surface area contributed by atoms with E-state index in [1.165, 1.54) is 22.4 Å². The van der Waals surface area contributed by atoms with Crippen molar-refractivity contribution >= 4 is 5.69 Å². The molecular formula is C15H17N3. The van der Waals surface area contributed by atoms with E-state index in [0.29, 0.717) is 0 Å². The molecule has 3 nitrogen and oxygen atoms in total. The Kier molecular flexibility index (Phi) is 2.99. The Morgan fingerprint density at radius 3 is 2.56 bits per heavy atom. The fourth-order valence-electron chi connectivity index (χ4n) is 2.54. The van der Waals surface area contributed by atoms with Gasteiger partial charge in [-0.05, 0) is 29.8 Å². The van der Waals surface area contributed by atoms with Gasteiger partial charge in [0.15, 0.2) is 0 Å². The number of pyridine rings is 1. The maximum atomic E-state index is 4.27. The van der Waals surface area contributed by atoms with E-state index in [1.807, 2.05) is 19.4 Å². The van der Waals surface area contributed by atoms with Crippen molar-refractivity contribution < 1.29 is 0 Å². The summed E-state index contributed by atoms with van der Waals surface area (Å²) in [6.07, 6.45) is 3.83. The largest absolute Gasteiger partial charge is 0.361 e. The second-order valence-electron chi connectivity index (χ2n) is 4.66. The Hall–Kier alpha value is -1.87. The molecule has 0 aliphatic carbocycles. The molecule has 92 valence electrons. The van der Waals surface area contributed by atoms with Crippen molar-refractivity contribution in [3.8, 4) is 0 Å². The number of benzene rings is 1. The minimum atomic E-state index is 0.880. The second-order valence-corrected chi connectivity index (χ2v) is 4.66. The summed E-state index contributed by atoms with van der Waals surface area (Å²) in [5.41, 5.74) is 5.40. The van der Waals surface area contributed by atoms with Crippen molar-refractivity contribution in [2.24, 2.45) is 0 Å².